The number of hydrogen-bond acceptors (Lipinski definition) is 2. The van der Waals surface area contributed by atoms with Crippen LogP contribution in [0.5, 0.6) is 0 Å². The summed E-state index contributed by atoms with van der Waals surface area (Å²) in [7, 11) is 0. The maximum Gasteiger partial charge on any atom is 0.335 e. The number of unbranched alkanes of at least 4 members (excludes halogenated alkanes) is 1. The van der Waals surface area contributed by atoms with Crippen molar-refractivity contribution < 1.29 is 14.7 Å². The van der Waals surface area contributed by atoms with E-state index >= 15 is 0 Å². The van der Waals surface area contributed by atoms with Crippen LogP contribution in [0, 0.1) is 0 Å². The number of nitrogens with one attached hydrogen (secondary N) is 1. The van der Waals surface area contributed by atoms with E-state index in [2.05, 4.69) is 28.2 Å². The lowest BCUT2D eigenvalue weighted by atomic mass is 10.0. The van der Waals surface area contributed by atoms with E-state index in [4.69, 9.17) is 0 Å². The van der Waals surface area contributed by atoms with Gasteiger partial charge in [0.1, 0.15) is 0 Å². The van der Waals surface area contributed by atoms with E-state index in [9.17, 15) is 14.7 Å². The standard InChI is InChI=1S/C30H27N3O3/c34-29(25-12-4-5-13-27(25)32-17-8-9-18-32)31-16-6-7-19-33-21-26(22-10-2-1-3-11-22)24-15-14-23(30(35)36)20-28(24)33/h1-5,8-15,17-18,20-21H,6-7,16,19H2,(H,31,34)(H,35,36). The Balaban J connectivity index is 1.26. The first-order valence-electron chi connectivity index (χ1n) is 12.0. The number of amides is 1. The summed E-state index contributed by atoms with van der Waals surface area (Å²) in [5.74, 6) is -1.03. The lowest BCUT2D eigenvalue weighted by Gasteiger charge is -2.11. The van der Waals surface area contributed by atoms with Gasteiger partial charge in [0.05, 0.1) is 16.8 Å². The molecule has 0 aliphatic rings. The summed E-state index contributed by atoms with van der Waals surface area (Å²) in [4.78, 5) is 24.4. The largest absolute Gasteiger partial charge is 0.478 e. The fraction of sp³-hybridized carbons (Fsp3) is 0.133. The molecule has 3 aromatic carbocycles. The molecule has 0 radical (unpaired) electrons. The highest BCUT2D eigenvalue weighted by Gasteiger charge is 2.14. The fourth-order valence-corrected chi connectivity index (χ4v) is 4.55. The third-order valence-corrected chi connectivity index (χ3v) is 6.36. The normalized spacial score (nSPS) is 11.0. The average molecular weight is 478 g/mol. The van der Waals surface area contributed by atoms with Crippen molar-refractivity contribution in [2.75, 3.05) is 6.54 Å². The van der Waals surface area contributed by atoms with Gasteiger partial charge in [0, 0.05) is 48.1 Å². The van der Waals surface area contributed by atoms with E-state index in [1.54, 1.807) is 12.1 Å². The van der Waals surface area contributed by atoms with Gasteiger partial charge in [-0.25, -0.2) is 4.79 Å². The number of aryl methyl sites for hydroxylation is 1. The summed E-state index contributed by atoms with van der Waals surface area (Å²) < 4.78 is 4.05. The summed E-state index contributed by atoms with van der Waals surface area (Å²) in [6, 6.07) is 26.8. The molecule has 2 heterocycles. The number of aromatic carboxylic acids is 1. The third kappa shape index (κ3) is 4.79. The molecule has 0 bridgehead atoms. The highest BCUT2D eigenvalue weighted by Crippen LogP contribution is 2.31. The quantitative estimate of drug-likeness (QED) is 0.255. The third-order valence-electron chi connectivity index (χ3n) is 6.36. The number of aromatic nitrogens is 2. The van der Waals surface area contributed by atoms with Crippen LogP contribution >= 0.6 is 0 Å². The number of nitrogens with zero attached hydrogens (tertiary/aromatic N) is 2. The maximum absolute atomic E-state index is 12.8. The Morgan fingerprint density at radius 2 is 1.58 bits per heavy atom. The molecule has 0 aliphatic heterocycles. The van der Waals surface area contributed by atoms with Gasteiger partial charge in [-0.3, -0.25) is 4.79 Å². The minimum atomic E-state index is -0.936. The van der Waals surface area contributed by atoms with Crippen molar-refractivity contribution in [3.63, 3.8) is 0 Å². The minimum absolute atomic E-state index is 0.0943. The van der Waals surface area contributed by atoms with Crippen LogP contribution in [-0.4, -0.2) is 32.7 Å². The van der Waals surface area contributed by atoms with Crippen LogP contribution in [0.25, 0.3) is 27.7 Å². The molecule has 1 amide bonds. The van der Waals surface area contributed by atoms with Crippen LogP contribution in [0.4, 0.5) is 0 Å². The Bertz CT molecular complexity index is 1500. The van der Waals surface area contributed by atoms with E-state index in [0.29, 0.717) is 12.1 Å². The van der Waals surface area contributed by atoms with Crippen LogP contribution in [-0.2, 0) is 6.54 Å². The van der Waals surface area contributed by atoms with Crippen molar-refractivity contribution in [2.45, 2.75) is 19.4 Å². The zero-order chi connectivity index (χ0) is 24.9. The van der Waals surface area contributed by atoms with Gasteiger partial charge >= 0.3 is 5.97 Å². The zero-order valence-electron chi connectivity index (χ0n) is 19.8. The Kier molecular flexibility index (Phi) is 6.67. The SMILES string of the molecule is O=C(O)c1ccc2c(-c3ccccc3)cn(CCCCNC(=O)c3ccccc3-n3cccc3)c2c1. The first kappa shape index (κ1) is 23.2. The summed E-state index contributed by atoms with van der Waals surface area (Å²) in [5.41, 5.74) is 4.84. The van der Waals surface area contributed by atoms with Gasteiger partial charge in [-0.1, -0.05) is 48.5 Å². The van der Waals surface area contributed by atoms with E-state index in [1.807, 2.05) is 77.6 Å². The predicted octanol–water partition coefficient (Wildman–Crippen LogP) is 6.01. The molecular formula is C30H27N3O3. The molecule has 0 saturated carbocycles. The van der Waals surface area contributed by atoms with Crippen molar-refractivity contribution in [2.24, 2.45) is 0 Å². The zero-order valence-corrected chi connectivity index (χ0v) is 19.8. The molecule has 180 valence electrons. The Morgan fingerprint density at radius 1 is 0.833 bits per heavy atom. The number of para-hydroxylation sites is 1. The Morgan fingerprint density at radius 3 is 2.36 bits per heavy atom. The van der Waals surface area contributed by atoms with Crippen LogP contribution in [0.1, 0.15) is 33.6 Å². The van der Waals surface area contributed by atoms with Gasteiger partial charge in [0.15, 0.2) is 0 Å². The highest BCUT2D eigenvalue weighted by molar-refractivity contribution is 6.00. The van der Waals surface area contributed by atoms with Gasteiger partial charge in [-0.05, 0) is 54.8 Å². The summed E-state index contributed by atoms with van der Waals surface area (Å²) in [6.07, 6.45) is 7.59. The number of carboxylic acid groups (broad SMARTS) is 1. The molecule has 0 unspecified atom stereocenters. The van der Waals surface area contributed by atoms with Crippen molar-refractivity contribution in [1.82, 2.24) is 14.5 Å². The second-order valence-electron chi connectivity index (χ2n) is 8.71. The van der Waals surface area contributed by atoms with Crippen LogP contribution in [0.2, 0.25) is 0 Å². The van der Waals surface area contributed by atoms with Crippen molar-refractivity contribution in [3.05, 3.63) is 115 Å². The molecule has 5 aromatic rings. The average Bonchev–Trinajstić information content (AvgIpc) is 3.57. The summed E-state index contributed by atoms with van der Waals surface area (Å²) >= 11 is 0. The number of carbonyl (C=O) groups is 2. The topological polar surface area (TPSA) is 76.3 Å². The van der Waals surface area contributed by atoms with Gasteiger partial charge in [-0.15, -0.1) is 0 Å². The van der Waals surface area contributed by atoms with Crippen LogP contribution in [0.15, 0.2) is 104 Å². The lowest BCUT2D eigenvalue weighted by Crippen LogP contribution is -2.25. The van der Waals surface area contributed by atoms with E-state index in [0.717, 1.165) is 47.1 Å². The number of carbonyl (C=O) groups excluding carboxylic acids is 1. The molecule has 0 spiro atoms. The highest BCUT2D eigenvalue weighted by atomic mass is 16.4. The summed E-state index contributed by atoms with van der Waals surface area (Å²) in [6.45, 7) is 1.28. The van der Waals surface area contributed by atoms with Crippen molar-refractivity contribution in [3.8, 4) is 16.8 Å². The second kappa shape index (κ2) is 10.4. The minimum Gasteiger partial charge on any atom is -0.478 e. The molecule has 2 aromatic heterocycles. The molecule has 0 saturated heterocycles. The van der Waals surface area contributed by atoms with Gasteiger partial charge in [0.2, 0.25) is 0 Å². The monoisotopic (exact) mass is 477 g/mol. The van der Waals surface area contributed by atoms with Crippen LogP contribution in [0.3, 0.4) is 0 Å². The molecule has 2 N–H and O–H groups in total. The lowest BCUT2D eigenvalue weighted by molar-refractivity contribution is 0.0696. The second-order valence-corrected chi connectivity index (χ2v) is 8.71. The Hall–Kier alpha value is -4.58. The maximum atomic E-state index is 12.8. The molecule has 5 rings (SSSR count). The van der Waals surface area contributed by atoms with Gasteiger partial charge < -0.3 is 19.6 Å². The van der Waals surface area contributed by atoms with Crippen molar-refractivity contribution >= 4 is 22.8 Å². The molecule has 0 aliphatic carbocycles. The van der Waals surface area contributed by atoms with E-state index in [-0.39, 0.29) is 11.5 Å². The van der Waals surface area contributed by atoms with Gasteiger partial charge in [0.25, 0.3) is 5.91 Å². The van der Waals surface area contributed by atoms with Gasteiger partial charge in [-0.2, -0.15) is 0 Å². The molecule has 0 fully saturated rings. The number of hydrogen-bond donors (Lipinski definition) is 2. The van der Waals surface area contributed by atoms with Crippen molar-refractivity contribution in [1.29, 1.82) is 0 Å². The Labute approximate surface area is 209 Å². The predicted molar refractivity (Wildman–Crippen MR) is 142 cm³/mol. The first-order valence-corrected chi connectivity index (χ1v) is 12.0. The molecule has 36 heavy (non-hydrogen) atoms. The molecule has 6 nitrogen and oxygen atoms in total. The molecular weight excluding hydrogens is 450 g/mol. The summed E-state index contributed by atoms with van der Waals surface area (Å²) in [5, 5.41) is 13.5. The number of fused-ring (bicyclic) bond motifs is 1. The van der Waals surface area contributed by atoms with E-state index in [1.165, 1.54) is 0 Å². The number of carboxylic acids is 1. The fourth-order valence-electron chi connectivity index (χ4n) is 4.55. The van der Waals surface area contributed by atoms with E-state index < -0.39 is 5.97 Å². The molecule has 6 heteroatoms. The smallest absolute Gasteiger partial charge is 0.335 e. The number of benzene rings is 3. The van der Waals surface area contributed by atoms with Crippen LogP contribution < -0.4 is 5.32 Å². The molecule has 0 atom stereocenters. The number of rotatable bonds is 9. The first-order chi connectivity index (χ1) is 17.6.